The molecule has 1 aliphatic carbocycles. The molecule has 3 aliphatic rings. The first-order valence-electron chi connectivity index (χ1n) is 7.29. The lowest BCUT2D eigenvalue weighted by Gasteiger charge is -2.24. The second-order valence-electron chi connectivity index (χ2n) is 6.19. The van der Waals surface area contributed by atoms with E-state index < -0.39 is 22.7 Å². The van der Waals surface area contributed by atoms with Crippen LogP contribution in [-0.2, 0) is 9.47 Å². The highest BCUT2D eigenvalue weighted by molar-refractivity contribution is 9.10. The minimum atomic E-state index is -1.37. The number of ether oxygens (including phenoxy) is 2. The first kappa shape index (κ1) is 14.6. The van der Waals surface area contributed by atoms with Crippen molar-refractivity contribution in [2.24, 2.45) is 16.6 Å². The van der Waals surface area contributed by atoms with E-state index in [-0.39, 0.29) is 11.9 Å². The van der Waals surface area contributed by atoms with Gasteiger partial charge in [-0.1, -0.05) is 34.1 Å². The van der Waals surface area contributed by atoms with Gasteiger partial charge in [0.2, 0.25) is 0 Å². The highest BCUT2D eigenvalue weighted by atomic mass is 79.9. The van der Waals surface area contributed by atoms with Crippen molar-refractivity contribution in [3.63, 3.8) is 0 Å². The molecule has 7 heteroatoms. The molecule has 1 aromatic carbocycles. The van der Waals surface area contributed by atoms with Gasteiger partial charge in [0.25, 0.3) is 5.84 Å². The van der Waals surface area contributed by atoms with Gasteiger partial charge in [-0.05, 0) is 18.6 Å². The Morgan fingerprint density at radius 2 is 2.09 bits per heavy atom. The maximum absolute atomic E-state index is 10.0. The summed E-state index contributed by atoms with van der Waals surface area (Å²) in [7, 11) is 0. The van der Waals surface area contributed by atoms with Crippen LogP contribution >= 0.6 is 15.9 Å². The van der Waals surface area contributed by atoms with Crippen LogP contribution in [0.4, 0.5) is 0 Å². The Labute approximate surface area is 141 Å². The summed E-state index contributed by atoms with van der Waals surface area (Å²) in [5.74, 6) is -1.57. The van der Waals surface area contributed by atoms with Crippen molar-refractivity contribution in [1.82, 2.24) is 0 Å². The third-order valence-electron chi connectivity index (χ3n) is 5.11. The van der Waals surface area contributed by atoms with Gasteiger partial charge in [-0.3, -0.25) is 5.73 Å². The predicted molar refractivity (Wildman–Crippen MR) is 82.4 cm³/mol. The zero-order valence-corrected chi connectivity index (χ0v) is 13.9. The molecule has 2 aliphatic heterocycles. The SMILES string of the molecule is C[C@@H]1CO[C@@]2([NH+]=C(N)[C@@]3(C#N)[C@@H](c4ccccc4Br)[C@@]23C#N)O1. The number of hydrogen-bond acceptors (Lipinski definition) is 5. The van der Waals surface area contributed by atoms with Crippen molar-refractivity contribution >= 4 is 21.8 Å². The molecular weight excluding hydrogens is 360 g/mol. The molecule has 1 aromatic rings. The van der Waals surface area contributed by atoms with E-state index in [1.807, 2.05) is 31.2 Å². The van der Waals surface area contributed by atoms with Crippen LogP contribution in [0.25, 0.3) is 0 Å². The molecule has 0 radical (unpaired) electrons. The van der Waals surface area contributed by atoms with Crippen LogP contribution in [0, 0.1) is 33.5 Å². The quantitative estimate of drug-likeness (QED) is 0.726. The molecule has 0 bridgehead atoms. The van der Waals surface area contributed by atoms with Gasteiger partial charge in [0.15, 0.2) is 10.8 Å². The Morgan fingerprint density at radius 3 is 2.65 bits per heavy atom. The first-order valence-corrected chi connectivity index (χ1v) is 8.08. The molecule has 1 spiro atoms. The van der Waals surface area contributed by atoms with Gasteiger partial charge in [0.05, 0.1) is 24.8 Å². The maximum atomic E-state index is 10.0. The Morgan fingerprint density at radius 1 is 1.35 bits per heavy atom. The fourth-order valence-electron chi connectivity index (χ4n) is 4.14. The Balaban J connectivity index is 1.95. The number of fused-ring (bicyclic) bond motifs is 2. The summed E-state index contributed by atoms with van der Waals surface area (Å²) in [5, 5.41) is 19.9. The van der Waals surface area contributed by atoms with Crippen molar-refractivity contribution in [3.05, 3.63) is 34.3 Å². The van der Waals surface area contributed by atoms with Crippen LogP contribution in [0.1, 0.15) is 18.4 Å². The summed E-state index contributed by atoms with van der Waals surface area (Å²) in [6.45, 7) is 2.20. The van der Waals surface area contributed by atoms with Crippen molar-refractivity contribution in [2.45, 2.75) is 24.9 Å². The van der Waals surface area contributed by atoms with Crippen LogP contribution in [-0.4, -0.2) is 24.5 Å². The summed E-state index contributed by atoms with van der Waals surface area (Å²) in [6, 6.07) is 12.1. The van der Waals surface area contributed by atoms with Crippen LogP contribution in [0.2, 0.25) is 0 Å². The average Bonchev–Trinajstić information content (AvgIpc) is 2.91. The topological polar surface area (TPSA) is 106 Å². The summed E-state index contributed by atoms with van der Waals surface area (Å²) >= 11 is 3.51. The predicted octanol–water partition coefficient (Wildman–Crippen LogP) is 0.107. The summed E-state index contributed by atoms with van der Waals surface area (Å²) in [6.07, 6.45) is -0.185. The average molecular weight is 374 g/mol. The molecule has 1 saturated heterocycles. The molecule has 5 atom stereocenters. The highest BCUT2D eigenvalue weighted by Crippen LogP contribution is 2.79. The van der Waals surface area contributed by atoms with Crippen molar-refractivity contribution in [3.8, 4) is 12.1 Å². The summed E-state index contributed by atoms with van der Waals surface area (Å²) < 4.78 is 12.6. The smallest absolute Gasteiger partial charge is 0.311 e. The lowest BCUT2D eigenvalue weighted by Crippen LogP contribution is -2.90. The van der Waals surface area contributed by atoms with Crippen LogP contribution in [0.5, 0.6) is 0 Å². The third kappa shape index (κ3) is 1.37. The van der Waals surface area contributed by atoms with E-state index in [2.05, 4.69) is 33.1 Å². The van der Waals surface area contributed by atoms with Gasteiger partial charge in [-0.2, -0.15) is 10.5 Å². The first-order chi connectivity index (χ1) is 11.0. The number of halogens is 1. The molecule has 0 amide bonds. The summed E-state index contributed by atoms with van der Waals surface area (Å²) in [5.41, 5.74) is 4.63. The Kier molecular flexibility index (Phi) is 2.76. The molecule has 6 nitrogen and oxygen atoms in total. The third-order valence-corrected chi connectivity index (χ3v) is 5.83. The van der Waals surface area contributed by atoms with Gasteiger partial charge < -0.3 is 9.47 Å². The monoisotopic (exact) mass is 373 g/mol. The van der Waals surface area contributed by atoms with Crippen LogP contribution in [0.3, 0.4) is 0 Å². The molecule has 1 saturated carbocycles. The number of nitrogens with zero attached hydrogens (tertiary/aromatic N) is 2. The molecule has 2 heterocycles. The fraction of sp³-hybridized carbons (Fsp3) is 0.438. The van der Waals surface area contributed by atoms with Gasteiger partial charge in [-0.15, -0.1) is 0 Å². The van der Waals surface area contributed by atoms with E-state index in [0.717, 1.165) is 10.0 Å². The van der Waals surface area contributed by atoms with E-state index in [4.69, 9.17) is 15.2 Å². The largest absolute Gasteiger partial charge is 0.343 e. The van der Waals surface area contributed by atoms with Gasteiger partial charge in [-0.25, -0.2) is 4.99 Å². The number of nitrogens with one attached hydrogen (secondary N) is 1. The molecule has 3 N–H and O–H groups in total. The number of rotatable bonds is 1. The second kappa shape index (κ2) is 4.33. The lowest BCUT2D eigenvalue weighted by molar-refractivity contribution is -0.677. The maximum Gasteiger partial charge on any atom is 0.343 e. The minimum Gasteiger partial charge on any atom is -0.311 e. The summed E-state index contributed by atoms with van der Waals surface area (Å²) in [4.78, 5) is 2.95. The van der Waals surface area contributed by atoms with E-state index in [1.54, 1.807) is 0 Å². The van der Waals surface area contributed by atoms with E-state index >= 15 is 0 Å². The van der Waals surface area contributed by atoms with Gasteiger partial charge in [0, 0.05) is 10.4 Å². The number of hydrogen-bond donors (Lipinski definition) is 2. The standard InChI is InChI=1S/C16H13BrN4O2/c1-9-6-22-16(23-9)15(8-19)12(10-4-2-3-5-11(10)17)14(15,7-18)13(20)21-16/h2-5,9,12H,6H2,1H3,(H2,20,21)/p+1/t9-,12-,14-,15-,16-/m1/s1. The number of nitriles is 2. The molecular formula is C16H14BrN4O2+. The zero-order valence-electron chi connectivity index (χ0n) is 12.3. The minimum absolute atomic E-state index is 0.185. The normalized spacial score (nSPS) is 43.6. The van der Waals surface area contributed by atoms with E-state index in [0.29, 0.717) is 6.61 Å². The Hall–Kier alpha value is -1.93. The molecule has 23 heavy (non-hydrogen) atoms. The lowest BCUT2D eigenvalue weighted by atomic mass is 9.94. The number of nitrogens with two attached hydrogens (primary N) is 1. The van der Waals surface area contributed by atoms with Crippen molar-refractivity contribution in [1.29, 1.82) is 10.5 Å². The van der Waals surface area contributed by atoms with Gasteiger partial charge in [0.1, 0.15) is 0 Å². The molecule has 2 fully saturated rings. The van der Waals surface area contributed by atoms with Crippen molar-refractivity contribution in [2.75, 3.05) is 6.61 Å². The van der Waals surface area contributed by atoms with Crippen LogP contribution < -0.4 is 10.7 Å². The molecule has 0 unspecified atom stereocenters. The Bertz CT molecular complexity index is 828. The van der Waals surface area contributed by atoms with Crippen molar-refractivity contribution < 1.29 is 14.5 Å². The van der Waals surface area contributed by atoms with E-state index in [1.165, 1.54) is 0 Å². The fourth-order valence-corrected chi connectivity index (χ4v) is 4.65. The second-order valence-corrected chi connectivity index (χ2v) is 7.04. The van der Waals surface area contributed by atoms with E-state index in [9.17, 15) is 10.5 Å². The van der Waals surface area contributed by atoms with Gasteiger partial charge >= 0.3 is 5.91 Å². The number of amidine groups is 1. The number of benzene rings is 1. The highest BCUT2D eigenvalue weighted by Gasteiger charge is 2.98. The molecule has 4 rings (SSSR count). The molecule has 0 aromatic heterocycles. The molecule has 116 valence electrons. The zero-order chi connectivity index (χ0) is 16.5. The van der Waals surface area contributed by atoms with Crippen LogP contribution in [0.15, 0.2) is 28.7 Å².